The van der Waals surface area contributed by atoms with Crippen LogP contribution in [0, 0.1) is 0 Å². The zero-order valence-electron chi connectivity index (χ0n) is 11.6. The molecule has 2 rings (SSSR count). The molecule has 0 spiro atoms. The van der Waals surface area contributed by atoms with Crippen LogP contribution in [0.4, 0.5) is 0 Å². The van der Waals surface area contributed by atoms with Crippen LogP contribution in [0.3, 0.4) is 0 Å². The van der Waals surface area contributed by atoms with Crippen LogP contribution in [0.1, 0.15) is 30.4 Å². The normalized spacial score (nSPS) is 17.1. The molecular weight excluding hydrogens is 256 g/mol. The van der Waals surface area contributed by atoms with Crippen molar-refractivity contribution >= 4 is 11.9 Å². The van der Waals surface area contributed by atoms with Crippen LogP contribution in [0.25, 0.3) is 0 Å². The molecule has 2 N–H and O–H groups in total. The van der Waals surface area contributed by atoms with Crippen molar-refractivity contribution in [1.82, 2.24) is 10.6 Å². The highest BCUT2D eigenvalue weighted by Crippen LogP contribution is 2.23. The van der Waals surface area contributed by atoms with Crippen LogP contribution in [-0.4, -0.2) is 31.6 Å². The van der Waals surface area contributed by atoms with Gasteiger partial charge in [0.1, 0.15) is 0 Å². The quantitative estimate of drug-likeness (QED) is 0.786. The number of esters is 1. The Balaban J connectivity index is 1.89. The van der Waals surface area contributed by atoms with E-state index in [1.807, 2.05) is 24.3 Å². The van der Waals surface area contributed by atoms with Gasteiger partial charge in [-0.2, -0.15) is 0 Å². The van der Waals surface area contributed by atoms with E-state index < -0.39 is 0 Å². The van der Waals surface area contributed by atoms with E-state index in [0.29, 0.717) is 19.7 Å². The summed E-state index contributed by atoms with van der Waals surface area (Å²) >= 11 is 0. The van der Waals surface area contributed by atoms with Gasteiger partial charge in [0, 0.05) is 19.6 Å². The lowest BCUT2D eigenvalue weighted by Gasteiger charge is -2.25. The Bertz CT molecular complexity index is 488. The second-order valence-electron chi connectivity index (χ2n) is 4.73. The first kappa shape index (κ1) is 14.5. The highest BCUT2D eigenvalue weighted by molar-refractivity contribution is 5.85. The van der Waals surface area contributed by atoms with Gasteiger partial charge in [-0.1, -0.05) is 24.3 Å². The summed E-state index contributed by atoms with van der Waals surface area (Å²) in [5, 5.41) is 6.04. The van der Waals surface area contributed by atoms with Crippen molar-refractivity contribution in [3.05, 3.63) is 35.4 Å². The summed E-state index contributed by atoms with van der Waals surface area (Å²) in [5.41, 5.74) is 2.23. The molecule has 20 heavy (non-hydrogen) atoms. The second-order valence-corrected chi connectivity index (χ2v) is 4.73. The molecule has 5 heteroatoms. The van der Waals surface area contributed by atoms with E-state index in [9.17, 15) is 9.59 Å². The first-order valence-electron chi connectivity index (χ1n) is 6.94. The Kier molecular flexibility index (Phi) is 5.12. The Morgan fingerprint density at radius 2 is 2.20 bits per heavy atom. The molecule has 0 radical (unpaired) electrons. The largest absolute Gasteiger partial charge is 0.466 e. The van der Waals surface area contributed by atoms with E-state index in [1.54, 1.807) is 6.92 Å². The summed E-state index contributed by atoms with van der Waals surface area (Å²) in [6.07, 6.45) is 0.210. The predicted octanol–water partition coefficient (Wildman–Crippen LogP) is 0.943. The van der Waals surface area contributed by atoms with Gasteiger partial charge in [0.15, 0.2) is 0 Å². The maximum Gasteiger partial charge on any atom is 0.307 e. The number of hydrogen-bond acceptors (Lipinski definition) is 4. The van der Waals surface area contributed by atoms with Crippen molar-refractivity contribution in [2.45, 2.75) is 25.8 Å². The Morgan fingerprint density at radius 1 is 1.40 bits per heavy atom. The van der Waals surface area contributed by atoms with Gasteiger partial charge in [-0.3, -0.25) is 9.59 Å². The van der Waals surface area contributed by atoms with Gasteiger partial charge in [-0.05, 0) is 18.1 Å². The third-order valence-electron chi connectivity index (χ3n) is 3.34. The van der Waals surface area contributed by atoms with Crippen LogP contribution >= 0.6 is 0 Å². The lowest BCUT2D eigenvalue weighted by Crippen LogP contribution is -2.39. The Morgan fingerprint density at radius 3 is 3.00 bits per heavy atom. The van der Waals surface area contributed by atoms with Gasteiger partial charge in [0.25, 0.3) is 0 Å². The smallest absolute Gasteiger partial charge is 0.307 e. The molecule has 0 fully saturated rings. The molecule has 1 aliphatic rings. The lowest BCUT2D eigenvalue weighted by atomic mass is 9.90. The van der Waals surface area contributed by atoms with Crippen molar-refractivity contribution in [3.63, 3.8) is 0 Å². The minimum Gasteiger partial charge on any atom is -0.466 e. The summed E-state index contributed by atoms with van der Waals surface area (Å²) in [4.78, 5) is 23.4. The van der Waals surface area contributed by atoms with E-state index in [-0.39, 0.29) is 24.2 Å². The molecule has 0 saturated carbocycles. The minimum atomic E-state index is -0.282. The molecule has 1 amide bonds. The molecule has 0 aliphatic carbocycles. The number of carbonyl (C=O) groups excluding carboxylic acids is 2. The van der Waals surface area contributed by atoms with Crippen molar-refractivity contribution in [3.8, 4) is 0 Å². The molecule has 1 heterocycles. The fourth-order valence-electron chi connectivity index (χ4n) is 2.37. The first-order valence-corrected chi connectivity index (χ1v) is 6.94. The number of benzene rings is 1. The molecule has 108 valence electrons. The van der Waals surface area contributed by atoms with Gasteiger partial charge in [0.05, 0.1) is 18.9 Å². The minimum absolute atomic E-state index is 0.0473. The average molecular weight is 276 g/mol. The molecule has 1 aromatic carbocycles. The molecule has 1 aromatic rings. The van der Waals surface area contributed by atoms with Crippen LogP contribution in [-0.2, 0) is 20.9 Å². The third kappa shape index (κ3) is 3.57. The topological polar surface area (TPSA) is 67.4 Å². The molecule has 0 bridgehead atoms. The second kappa shape index (κ2) is 7.05. The van der Waals surface area contributed by atoms with Crippen LogP contribution < -0.4 is 10.6 Å². The molecule has 5 nitrogen and oxygen atoms in total. The highest BCUT2D eigenvalue weighted by atomic mass is 16.5. The van der Waals surface area contributed by atoms with Crippen molar-refractivity contribution in [2.24, 2.45) is 0 Å². The van der Waals surface area contributed by atoms with Crippen molar-refractivity contribution in [1.29, 1.82) is 0 Å². The van der Waals surface area contributed by atoms with Gasteiger partial charge in [0.2, 0.25) is 5.91 Å². The summed E-state index contributed by atoms with van der Waals surface area (Å²) in [6, 6.07) is 7.94. The number of amides is 1. The summed E-state index contributed by atoms with van der Waals surface area (Å²) in [7, 11) is 0. The standard InChI is InChI=1S/C15H20N2O3/c1-2-20-14(18)7-8-17-15(19)13-10-16-9-11-5-3-4-6-12(11)13/h3-6,13,16H,2,7-10H2,1H3,(H,17,19). The van der Waals surface area contributed by atoms with E-state index in [1.165, 1.54) is 0 Å². The average Bonchev–Trinajstić information content (AvgIpc) is 2.47. The number of hydrogen-bond donors (Lipinski definition) is 2. The maximum absolute atomic E-state index is 12.2. The van der Waals surface area contributed by atoms with Crippen LogP contribution in [0.15, 0.2) is 24.3 Å². The monoisotopic (exact) mass is 276 g/mol. The zero-order valence-corrected chi connectivity index (χ0v) is 11.6. The van der Waals surface area contributed by atoms with Gasteiger partial charge >= 0.3 is 5.97 Å². The first-order chi connectivity index (χ1) is 9.72. The van der Waals surface area contributed by atoms with Crippen molar-refractivity contribution < 1.29 is 14.3 Å². The van der Waals surface area contributed by atoms with E-state index >= 15 is 0 Å². The van der Waals surface area contributed by atoms with Crippen LogP contribution in [0.5, 0.6) is 0 Å². The number of carbonyl (C=O) groups is 2. The number of ether oxygens (including phenoxy) is 1. The van der Waals surface area contributed by atoms with Crippen molar-refractivity contribution in [2.75, 3.05) is 19.7 Å². The number of fused-ring (bicyclic) bond motifs is 1. The molecule has 1 unspecified atom stereocenters. The van der Waals surface area contributed by atoms with E-state index in [0.717, 1.165) is 17.7 Å². The number of nitrogens with one attached hydrogen (secondary N) is 2. The molecule has 0 saturated heterocycles. The number of rotatable bonds is 5. The fourth-order valence-corrected chi connectivity index (χ4v) is 2.37. The Labute approximate surface area is 118 Å². The Hall–Kier alpha value is -1.88. The molecule has 1 aliphatic heterocycles. The van der Waals surface area contributed by atoms with Gasteiger partial charge in [-0.25, -0.2) is 0 Å². The predicted molar refractivity (Wildman–Crippen MR) is 75.1 cm³/mol. The molecular formula is C15H20N2O3. The van der Waals surface area contributed by atoms with E-state index in [4.69, 9.17) is 4.74 Å². The summed E-state index contributed by atoms with van der Waals surface area (Å²) < 4.78 is 4.82. The SMILES string of the molecule is CCOC(=O)CCNC(=O)C1CNCc2ccccc21. The van der Waals surface area contributed by atoms with Gasteiger partial charge in [-0.15, -0.1) is 0 Å². The van der Waals surface area contributed by atoms with Gasteiger partial charge < -0.3 is 15.4 Å². The van der Waals surface area contributed by atoms with E-state index in [2.05, 4.69) is 10.6 Å². The highest BCUT2D eigenvalue weighted by Gasteiger charge is 2.25. The summed E-state index contributed by atoms with van der Waals surface area (Å²) in [6.45, 7) is 3.87. The molecule has 0 aromatic heterocycles. The summed E-state index contributed by atoms with van der Waals surface area (Å²) in [5.74, 6) is -0.522. The fraction of sp³-hybridized carbons (Fsp3) is 0.467. The zero-order chi connectivity index (χ0) is 14.4. The van der Waals surface area contributed by atoms with Crippen LogP contribution in [0.2, 0.25) is 0 Å². The third-order valence-corrected chi connectivity index (χ3v) is 3.34. The maximum atomic E-state index is 12.2. The lowest BCUT2D eigenvalue weighted by molar-refractivity contribution is -0.143. The molecule has 1 atom stereocenters.